The average Bonchev–Trinajstić information content (AvgIpc) is 2.95. The van der Waals surface area contributed by atoms with Crippen LogP contribution in [0.2, 0.25) is 10.0 Å². The van der Waals surface area contributed by atoms with Crippen LogP contribution in [0.3, 0.4) is 0 Å². The summed E-state index contributed by atoms with van der Waals surface area (Å²) in [6.45, 7) is 5.64. The van der Waals surface area contributed by atoms with Gasteiger partial charge in [0.25, 0.3) is 10.0 Å². The molecule has 0 aliphatic carbocycles. The quantitative estimate of drug-likeness (QED) is 0.226. The predicted molar refractivity (Wildman–Crippen MR) is 163 cm³/mol. The lowest BCUT2D eigenvalue weighted by Crippen LogP contribution is -2.51. The number of halogens is 2. The Labute approximate surface area is 252 Å². The first-order valence-electron chi connectivity index (χ1n) is 13.4. The van der Waals surface area contributed by atoms with Gasteiger partial charge in [0.2, 0.25) is 11.8 Å². The SMILES string of the molecule is CCCCNC(=O)C(C)N(Cc1cccc(Cl)c1)C(=O)CN(c1ccccc1OCC)S(=O)(=O)c1ccc(Cl)cc1. The smallest absolute Gasteiger partial charge is 0.264 e. The normalized spacial score (nSPS) is 11.9. The van der Waals surface area contributed by atoms with Gasteiger partial charge in [-0.25, -0.2) is 8.42 Å². The van der Waals surface area contributed by atoms with E-state index < -0.39 is 28.5 Å². The lowest BCUT2D eigenvalue weighted by atomic mass is 10.1. The van der Waals surface area contributed by atoms with Crippen molar-refractivity contribution in [3.05, 3.63) is 88.4 Å². The molecule has 1 N–H and O–H groups in total. The van der Waals surface area contributed by atoms with Gasteiger partial charge >= 0.3 is 0 Å². The van der Waals surface area contributed by atoms with Crippen LogP contribution in [0.4, 0.5) is 5.69 Å². The molecule has 1 atom stereocenters. The van der Waals surface area contributed by atoms with E-state index in [1.54, 1.807) is 62.4 Å². The molecule has 1 unspecified atom stereocenters. The summed E-state index contributed by atoms with van der Waals surface area (Å²) in [4.78, 5) is 28.4. The molecule has 0 aliphatic heterocycles. The lowest BCUT2D eigenvalue weighted by molar-refractivity contribution is -0.139. The molecule has 2 amide bonds. The topological polar surface area (TPSA) is 96.0 Å². The number of sulfonamides is 1. The molecule has 0 saturated heterocycles. The number of carbonyl (C=O) groups excluding carboxylic acids is 2. The summed E-state index contributed by atoms with van der Waals surface area (Å²) in [7, 11) is -4.26. The van der Waals surface area contributed by atoms with Gasteiger partial charge in [-0.05, 0) is 74.4 Å². The highest BCUT2D eigenvalue weighted by molar-refractivity contribution is 7.92. The van der Waals surface area contributed by atoms with Crippen molar-refractivity contribution < 1.29 is 22.7 Å². The maximum absolute atomic E-state index is 14.0. The molecule has 3 aromatic rings. The largest absolute Gasteiger partial charge is 0.492 e. The third-order valence-corrected chi connectivity index (χ3v) is 8.61. The van der Waals surface area contributed by atoms with E-state index in [2.05, 4.69) is 5.32 Å². The molecular weight excluding hydrogens is 585 g/mol. The number of unbranched alkanes of at least 4 members (excludes halogenated alkanes) is 1. The molecule has 220 valence electrons. The number of ether oxygens (including phenoxy) is 1. The molecule has 0 saturated carbocycles. The Morgan fingerprint density at radius 3 is 2.32 bits per heavy atom. The van der Waals surface area contributed by atoms with Crippen molar-refractivity contribution >= 4 is 50.7 Å². The Bertz CT molecular complexity index is 1430. The second-order valence-electron chi connectivity index (χ2n) is 9.34. The van der Waals surface area contributed by atoms with E-state index >= 15 is 0 Å². The van der Waals surface area contributed by atoms with E-state index in [0.717, 1.165) is 17.1 Å². The maximum atomic E-state index is 14.0. The van der Waals surface area contributed by atoms with Crippen LogP contribution in [0.15, 0.2) is 77.7 Å². The van der Waals surface area contributed by atoms with Crippen LogP contribution in [0.25, 0.3) is 0 Å². The highest BCUT2D eigenvalue weighted by Crippen LogP contribution is 2.33. The number of nitrogens with one attached hydrogen (secondary N) is 1. The first kappa shape index (κ1) is 32.2. The third kappa shape index (κ3) is 8.61. The fraction of sp³-hybridized carbons (Fsp3) is 0.333. The minimum atomic E-state index is -4.26. The second kappa shape index (κ2) is 15.1. The number of nitrogens with zero attached hydrogens (tertiary/aromatic N) is 2. The van der Waals surface area contributed by atoms with E-state index in [1.165, 1.54) is 29.2 Å². The van der Waals surface area contributed by atoms with Crippen molar-refractivity contribution in [1.29, 1.82) is 0 Å². The Morgan fingerprint density at radius 1 is 0.951 bits per heavy atom. The zero-order valence-corrected chi connectivity index (χ0v) is 25.7. The van der Waals surface area contributed by atoms with Crippen molar-refractivity contribution in [3.8, 4) is 5.75 Å². The molecular formula is C30H35Cl2N3O5S. The van der Waals surface area contributed by atoms with Gasteiger partial charge in [-0.3, -0.25) is 13.9 Å². The zero-order valence-electron chi connectivity index (χ0n) is 23.3. The highest BCUT2D eigenvalue weighted by atomic mass is 35.5. The molecule has 0 fully saturated rings. The zero-order chi connectivity index (χ0) is 30.0. The molecule has 0 spiro atoms. The number of anilines is 1. The van der Waals surface area contributed by atoms with Crippen LogP contribution in [0.5, 0.6) is 5.75 Å². The molecule has 0 aliphatic rings. The van der Waals surface area contributed by atoms with Crippen molar-refractivity contribution in [2.24, 2.45) is 0 Å². The van der Waals surface area contributed by atoms with Crippen LogP contribution < -0.4 is 14.4 Å². The summed E-state index contributed by atoms with van der Waals surface area (Å²) in [5.74, 6) is -0.616. The molecule has 0 aromatic heterocycles. The minimum absolute atomic E-state index is 0.0453. The molecule has 8 nitrogen and oxygen atoms in total. The van der Waals surface area contributed by atoms with Gasteiger partial charge in [0.15, 0.2) is 0 Å². The number of hydrogen-bond acceptors (Lipinski definition) is 5. The number of hydrogen-bond donors (Lipinski definition) is 1. The van der Waals surface area contributed by atoms with Crippen molar-refractivity contribution in [3.63, 3.8) is 0 Å². The first-order chi connectivity index (χ1) is 19.6. The Kier molecular flexibility index (Phi) is 11.9. The standard InChI is InChI=1S/C30H35Cl2N3O5S/c1-4-6-18-33-30(37)22(3)34(20-23-10-9-11-25(32)19-23)29(36)21-35(27-12-7-8-13-28(27)40-5-2)41(38,39)26-16-14-24(31)15-17-26/h7-17,19,22H,4-6,18,20-21H2,1-3H3,(H,33,37). The number of amides is 2. The molecule has 0 heterocycles. The minimum Gasteiger partial charge on any atom is -0.492 e. The van der Waals surface area contributed by atoms with E-state index in [9.17, 15) is 18.0 Å². The van der Waals surface area contributed by atoms with Gasteiger partial charge in [-0.2, -0.15) is 0 Å². The van der Waals surface area contributed by atoms with E-state index in [0.29, 0.717) is 27.9 Å². The number of benzene rings is 3. The fourth-order valence-electron chi connectivity index (χ4n) is 4.14. The van der Waals surface area contributed by atoms with Crippen molar-refractivity contribution in [1.82, 2.24) is 10.2 Å². The summed E-state index contributed by atoms with van der Waals surface area (Å²) in [6, 6.07) is 18.4. The molecule has 41 heavy (non-hydrogen) atoms. The number of rotatable bonds is 14. The summed E-state index contributed by atoms with van der Waals surface area (Å²) in [5, 5.41) is 3.72. The van der Waals surface area contributed by atoms with Gasteiger partial charge in [-0.15, -0.1) is 0 Å². The molecule has 3 aromatic carbocycles. The summed E-state index contributed by atoms with van der Waals surface area (Å²) in [5.41, 5.74) is 0.890. The van der Waals surface area contributed by atoms with Gasteiger partial charge in [-0.1, -0.05) is 60.8 Å². The number of para-hydroxylation sites is 2. The third-order valence-electron chi connectivity index (χ3n) is 6.35. The fourth-order valence-corrected chi connectivity index (χ4v) is 5.90. The summed E-state index contributed by atoms with van der Waals surface area (Å²) in [6.07, 6.45) is 1.69. The second-order valence-corrected chi connectivity index (χ2v) is 12.1. The van der Waals surface area contributed by atoms with Gasteiger partial charge in [0.1, 0.15) is 18.3 Å². The highest BCUT2D eigenvalue weighted by Gasteiger charge is 2.33. The summed E-state index contributed by atoms with van der Waals surface area (Å²) >= 11 is 12.2. The first-order valence-corrected chi connectivity index (χ1v) is 15.6. The van der Waals surface area contributed by atoms with Crippen LogP contribution >= 0.6 is 23.2 Å². The van der Waals surface area contributed by atoms with Crippen LogP contribution in [0, 0.1) is 0 Å². The predicted octanol–water partition coefficient (Wildman–Crippen LogP) is 5.92. The summed E-state index contributed by atoms with van der Waals surface area (Å²) < 4.78 is 34.7. The van der Waals surface area contributed by atoms with Crippen LogP contribution in [-0.4, -0.2) is 50.9 Å². The van der Waals surface area contributed by atoms with Crippen molar-refractivity contribution in [2.45, 2.75) is 51.1 Å². The van der Waals surface area contributed by atoms with E-state index in [1.807, 2.05) is 6.92 Å². The monoisotopic (exact) mass is 619 g/mol. The Balaban J connectivity index is 2.05. The van der Waals surface area contributed by atoms with Crippen molar-refractivity contribution in [2.75, 3.05) is 24.0 Å². The van der Waals surface area contributed by atoms with Crippen LogP contribution in [-0.2, 0) is 26.2 Å². The van der Waals surface area contributed by atoms with E-state index in [-0.39, 0.29) is 29.6 Å². The molecule has 11 heteroatoms. The maximum Gasteiger partial charge on any atom is 0.264 e. The molecule has 0 bridgehead atoms. The van der Waals surface area contributed by atoms with Gasteiger partial charge in [0.05, 0.1) is 17.2 Å². The molecule has 0 radical (unpaired) electrons. The Morgan fingerprint density at radius 2 is 1.66 bits per heavy atom. The Hall–Kier alpha value is -3.27. The van der Waals surface area contributed by atoms with E-state index in [4.69, 9.17) is 27.9 Å². The van der Waals surface area contributed by atoms with Crippen LogP contribution in [0.1, 0.15) is 39.2 Å². The molecule has 3 rings (SSSR count). The van der Waals surface area contributed by atoms with Gasteiger partial charge < -0.3 is 15.0 Å². The lowest BCUT2D eigenvalue weighted by Gasteiger charge is -2.32. The van der Waals surface area contributed by atoms with Gasteiger partial charge in [0, 0.05) is 23.1 Å². The average molecular weight is 621 g/mol. The number of carbonyl (C=O) groups is 2.